The van der Waals surface area contributed by atoms with Gasteiger partial charge in [0.05, 0.1) is 0 Å². The van der Waals surface area contributed by atoms with Crippen molar-refractivity contribution in [3.8, 4) is 0 Å². The van der Waals surface area contributed by atoms with Crippen LogP contribution in [0.3, 0.4) is 0 Å². The van der Waals surface area contributed by atoms with Crippen LogP contribution in [-0.4, -0.2) is 44.9 Å². The summed E-state index contributed by atoms with van der Waals surface area (Å²) in [5.74, 6) is -0.670. The fraction of sp³-hybridized carbons (Fsp3) is 0.222. The van der Waals surface area contributed by atoms with Gasteiger partial charge in [0.2, 0.25) is 11.4 Å². The van der Waals surface area contributed by atoms with Crippen LogP contribution in [0.5, 0.6) is 0 Å². The van der Waals surface area contributed by atoms with Gasteiger partial charge in [-0.05, 0) is 12.1 Å². The highest BCUT2D eigenvalue weighted by molar-refractivity contribution is 6.03. The Morgan fingerprint density at radius 3 is 1.50 bits per heavy atom. The highest BCUT2D eigenvalue weighted by atomic mass is 16.4. The molecule has 2 unspecified atom stereocenters. The van der Waals surface area contributed by atoms with Gasteiger partial charge < -0.3 is 20.0 Å². The number of carbonyl (C=O) groups excluding carboxylic acids is 2. The van der Waals surface area contributed by atoms with Crippen molar-refractivity contribution in [1.29, 1.82) is 0 Å². The molecule has 1 saturated heterocycles. The van der Waals surface area contributed by atoms with Crippen molar-refractivity contribution < 1.29 is 19.8 Å². The third-order valence-corrected chi connectivity index (χ3v) is 5.37. The number of carbonyl (C=O) groups is 2. The second-order valence-electron chi connectivity index (χ2n) is 6.35. The van der Waals surface area contributed by atoms with Crippen molar-refractivity contribution in [2.75, 3.05) is 13.1 Å². The summed E-state index contributed by atoms with van der Waals surface area (Å²) in [6, 6.07) is 13.4. The Balaban J connectivity index is 1.86. The molecule has 3 aliphatic rings. The van der Waals surface area contributed by atoms with E-state index < -0.39 is 11.4 Å². The molecule has 0 radical (unpaired) electrons. The van der Waals surface area contributed by atoms with Crippen molar-refractivity contribution in [2.24, 2.45) is 0 Å². The number of hydrogen-bond acceptors (Lipinski definition) is 4. The number of fused-ring (bicyclic) bond motifs is 7. The second kappa shape index (κ2) is 4.03. The zero-order valence-electron chi connectivity index (χ0n) is 12.6. The molecule has 2 amide bonds. The van der Waals surface area contributed by atoms with Crippen LogP contribution < -0.4 is 0 Å². The van der Waals surface area contributed by atoms with E-state index in [1.807, 2.05) is 0 Å². The molecule has 3 aliphatic heterocycles. The molecule has 0 bridgehead atoms. The highest BCUT2D eigenvalue weighted by Crippen LogP contribution is 2.56. The van der Waals surface area contributed by atoms with E-state index in [-0.39, 0.29) is 24.9 Å². The molecule has 2 aromatic rings. The van der Waals surface area contributed by atoms with Gasteiger partial charge in [0.25, 0.3) is 11.8 Å². The molecule has 2 N–H and O–H groups in total. The van der Waals surface area contributed by atoms with Crippen LogP contribution in [-0.2, 0) is 11.4 Å². The molecular formula is C18H14N2O4. The summed E-state index contributed by atoms with van der Waals surface area (Å²) in [6.45, 7) is 0.318. The molecule has 2 atom stereocenters. The molecule has 0 aliphatic carbocycles. The van der Waals surface area contributed by atoms with Crippen molar-refractivity contribution >= 4 is 11.8 Å². The number of aliphatic hydroxyl groups is 2. The summed E-state index contributed by atoms with van der Waals surface area (Å²) < 4.78 is 0. The van der Waals surface area contributed by atoms with E-state index in [9.17, 15) is 19.8 Å². The Bertz CT molecular complexity index is 851. The maximum absolute atomic E-state index is 12.7. The van der Waals surface area contributed by atoms with E-state index in [1.165, 1.54) is 9.80 Å². The molecule has 24 heavy (non-hydrogen) atoms. The average Bonchev–Trinajstić information content (AvgIpc) is 2.98. The predicted octanol–water partition coefficient (Wildman–Crippen LogP) is 0.602. The number of amides is 2. The van der Waals surface area contributed by atoms with Crippen LogP contribution in [0.25, 0.3) is 0 Å². The van der Waals surface area contributed by atoms with Gasteiger partial charge >= 0.3 is 0 Å². The molecule has 3 heterocycles. The van der Waals surface area contributed by atoms with Crippen molar-refractivity contribution in [1.82, 2.24) is 9.80 Å². The minimum absolute atomic E-state index is 0.159. The lowest BCUT2D eigenvalue weighted by Crippen LogP contribution is -2.69. The SMILES string of the molecule is O=C1c2ccccc2C2(O)N1CCN1C(=O)c3ccccc3C12O. The second-order valence-corrected chi connectivity index (χ2v) is 6.35. The Hall–Kier alpha value is -2.70. The first-order chi connectivity index (χ1) is 11.5. The van der Waals surface area contributed by atoms with Crippen molar-refractivity contribution in [2.45, 2.75) is 11.4 Å². The maximum Gasteiger partial charge on any atom is 0.257 e. The van der Waals surface area contributed by atoms with Crippen LogP contribution in [0, 0.1) is 0 Å². The quantitative estimate of drug-likeness (QED) is 0.744. The van der Waals surface area contributed by atoms with Gasteiger partial charge in [-0.3, -0.25) is 9.59 Å². The van der Waals surface area contributed by atoms with Crippen LogP contribution in [0.15, 0.2) is 48.5 Å². The third-order valence-electron chi connectivity index (χ3n) is 5.37. The lowest BCUT2D eigenvalue weighted by molar-refractivity contribution is -0.297. The number of piperazine rings is 1. The average molecular weight is 322 g/mol. The molecule has 6 nitrogen and oxygen atoms in total. The first-order valence-corrected chi connectivity index (χ1v) is 7.79. The summed E-state index contributed by atoms with van der Waals surface area (Å²) in [7, 11) is 0. The first-order valence-electron chi connectivity index (χ1n) is 7.79. The van der Waals surface area contributed by atoms with Gasteiger partial charge in [-0.1, -0.05) is 36.4 Å². The number of rotatable bonds is 0. The van der Waals surface area contributed by atoms with Gasteiger partial charge in [-0.25, -0.2) is 0 Å². The maximum atomic E-state index is 12.7. The number of benzene rings is 2. The minimum Gasteiger partial charge on any atom is -0.363 e. The largest absolute Gasteiger partial charge is 0.363 e. The lowest BCUT2D eigenvalue weighted by Gasteiger charge is -2.52. The lowest BCUT2D eigenvalue weighted by atomic mass is 9.84. The molecule has 0 spiro atoms. The third kappa shape index (κ3) is 1.20. The van der Waals surface area contributed by atoms with Crippen LogP contribution in [0.2, 0.25) is 0 Å². The summed E-state index contributed by atoms with van der Waals surface area (Å²) in [6.07, 6.45) is 0. The van der Waals surface area contributed by atoms with E-state index in [0.717, 1.165) is 0 Å². The smallest absolute Gasteiger partial charge is 0.257 e. The number of hydrogen-bond donors (Lipinski definition) is 2. The van der Waals surface area contributed by atoms with E-state index in [2.05, 4.69) is 0 Å². The summed E-state index contributed by atoms with van der Waals surface area (Å²) >= 11 is 0. The van der Waals surface area contributed by atoms with Crippen molar-refractivity contribution in [3.05, 3.63) is 70.8 Å². The van der Waals surface area contributed by atoms with Gasteiger partial charge in [-0.2, -0.15) is 0 Å². The molecule has 0 aromatic heterocycles. The van der Waals surface area contributed by atoms with Gasteiger partial charge in [0.1, 0.15) is 0 Å². The highest BCUT2D eigenvalue weighted by Gasteiger charge is 2.70. The predicted molar refractivity (Wildman–Crippen MR) is 82.8 cm³/mol. The zero-order valence-corrected chi connectivity index (χ0v) is 12.6. The fourth-order valence-electron chi connectivity index (χ4n) is 4.30. The Morgan fingerprint density at radius 2 is 1.08 bits per heavy atom. The molecule has 120 valence electrons. The van der Waals surface area contributed by atoms with E-state index in [0.29, 0.717) is 22.3 Å². The van der Waals surface area contributed by atoms with E-state index in [1.54, 1.807) is 48.5 Å². The minimum atomic E-state index is -2.00. The van der Waals surface area contributed by atoms with Gasteiger partial charge in [0.15, 0.2) is 0 Å². The summed E-state index contributed by atoms with van der Waals surface area (Å²) in [4.78, 5) is 28.0. The van der Waals surface area contributed by atoms with E-state index >= 15 is 0 Å². The van der Waals surface area contributed by atoms with Crippen LogP contribution in [0.4, 0.5) is 0 Å². The Labute approximate surface area is 137 Å². The summed E-state index contributed by atoms with van der Waals surface area (Å²) in [5.41, 5.74) is -2.64. The summed E-state index contributed by atoms with van der Waals surface area (Å²) in [5, 5.41) is 23.2. The van der Waals surface area contributed by atoms with Gasteiger partial charge in [0, 0.05) is 35.3 Å². The Kier molecular flexibility index (Phi) is 2.30. The van der Waals surface area contributed by atoms with Crippen LogP contribution in [0.1, 0.15) is 31.8 Å². The standard InChI is InChI=1S/C18H14N2O4/c21-15-11-5-1-3-7-13(11)17(23)18(24)14-8-4-2-6-12(14)16(22)20(18)10-9-19(15)17/h1-8,23-24H,9-10H2. The first kappa shape index (κ1) is 13.7. The topological polar surface area (TPSA) is 81.1 Å². The molecule has 2 aromatic carbocycles. The van der Waals surface area contributed by atoms with E-state index in [4.69, 9.17) is 0 Å². The molecule has 5 rings (SSSR count). The number of nitrogens with zero attached hydrogens (tertiary/aromatic N) is 2. The zero-order chi connectivity index (χ0) is 16.7. The molecular weight excluding hydrogens is 308 g/mol. The van der Waals surface area contributed by atoms with Crippen molar-refractivity contribution in [3.63, 3.8) is 0 Å². The fourth-order valence-corrected chi connectivity index (χ4v) is 4.30. The monoisotopic (exact) mass is 322 g/mol. The molecule has 0 saturated carbocycles. The molecule has 6 heteroatoms. The normalized spacial score (nSPS) is 30.1. The van der Waals surface area contributed by atoms with Gasteiger partial charge in [-0.15, -0.1) is 0 Å². The Morgan fingerprint density at radius 1 is 0.708 bits per heavy atom. The molecule has 1 fully saturated rings. The van der Waals surface area contributed by atoms with Crippen LogP contribution >= 0.6 is 0 Å².